The largest absolute Gasteiger partial charge is 0.466 e. The molecule has 0 aromatic rings. The quantitative estimate of drug-likeness (QED) is 0.360. The molecule has 0 rings (SSSR count). The molecule has 0 bridgehead atoms. The summed E-state index contributed by atoms with van der Waals surface area (Å²) in [5, 5.41) is 0. The average Bonchev–Trinajstić information content (AvgIpc) is 0.722. The van der Waals surface area contributed by atoms with E-state index in [9.17, 15) is 0 Å². The third-order valence-electron chi connectivity index (χ3n) is 0. The van der Waals surface area contributed by atoms with Crippen LogP contribution >= 0.6 is 7.82 Å². The number of rotatable bonds is 0. The van der Waals surface area contributed by atoms with Crippen LogP contribution in [-0.4, -0.2) is 14.7 Å². The van der Waals surface area contributed by atoms with Gasteiger partial charge < -0.3 is 20.8 Å². The molecule has 0 heterocycles. The fourth-order valence-corrected chi connectivity index (χ4v) is 0. The van der Waals surface area contributed by atoms with Crippen LogP contribution in [0, 0.1) is 0 Å². The van der Waals surface area contributed by atoms with Gasteiger partial charge in [0.1, 0.15) is 0 Å². The molecule has 7 heavy (non-hydrogen) atoms. The van der Waals surface area contributed by atoms with Crippen LogP contribution in [0.3, 0.4) is 0 Å². The van der Waals surface area contributed by atoms with Crippen molar-refractivity contribution in [3.8, 4) is 0 Å². The van der Waals surface area contributed by atoms with E-state index >= 15 is 0 Å². The Bertz CT molecular complexity index is 57.8. The zero-order valence-electron chi connectivity index (χ0n) is 3.24. The number of phosphoric acid groups is 1. The molecule has 6 N–H and O–H groups in total. The summed E-state index contributed by atoms with van der Waals surface area (Å²) in [4.78, 5) is 21.6. The fraction of sp³-hybridized carbons (Fsp3) is 0. The Morgan fingerprint density at radius 3 is 1.14 bits per heavy atom. The van der Waals surface area contributed by atoms with Gasteiger partial charge in [0.15, 0.2) is 0 Å². The van der Waals surface area contributed by atoms with E-state index in [1.165, 1.54) is 0 Å². The van der Waals surface area contributed by atoms with Gasteiger partial charge in [0.05, 0.1) is 0 Å². The van der Waals surface area contributed by atoms with Crippen LogP contribution in [0.25, 0.3) is 0 Å². The van der Waals surface area contributed by atoms with Gasteiger partial charge >= 0.3 is 7.82 Å². The first kappa shape index (κ1) is 15.6. The SMILES string of the molecule is N.O=P(O)(O)O.[Co]. The second kappa shape index (κ2) is 4.73. The molecule has 0 atom stereocenters. The van der Waals surface area contributed by atoms with Crippen LogP contribution in [0.2, 0.25) is 0 Å². The third kappa shape index (κ3) is 414. The van der Waals surface area contributed by atoms with Crippen LogP contribution in [0.4, 0.5) is 0 Å². The van der Waals surface area contributed by atoms with Crippen LogP contribution in [0.5, 0.6) is 0 Å². The zero-order chi connectivity index (χ0) is 4.50. The smallest absolute Gasteiger partial charge is 0.344 e. The van der Waals surface area contributed by atoms with Crippen LogP contribution in [0.15, 0.2) is 0 Å². The summed E-state index contributed by atoms with van der Waals surface area (Å²) in [7, 11) is -4.64. The molecular formula is H6CoNO4P. The molecule has 0 amide bonds. The molecule has 0 saturated carbocycles. The predicted molar refractivity (Wildman–Crippen MR) is 19.3 cm³/mol. The normalized spacial score (nSPS) is 8.43. The standard InChI is InChI=1S/Co.H3N.H3O4P/c;;1-5(2,3)4/h;1H3;(H3,1,2,3,4). The van der Waals surface area contributed by atoms with Gasteiger partial charge in [-0.15, -0.1) is 0 Å². The molecule has 0 unspecified atom stereocenters. The van der Waals surface area contributed by atoms with E-state index in [4.69, 9.17) is 19.2 Å². The molecule has 1 radical (unpaired) electrons. The van der Waals surface area contributed by atoms with Crippen molar-refractivity contribution in [3.63, 3.8) is 0 Å². The summed E-state index contributed by atoms with van der Waals surface area (Å²) < 4.78 is 8.88. The third-order valence-corrected chi connectivity index (χ3v) is 0. The van der Waals surface area contributed by atoms with Crippen molar-refractivity contribution >= 4 is 7.82 Å². The summed E-state index contributed by atoms with van der Waals surface area (Å²) in [5.41, 5.74) is 0. The summed E-state index contributed by atoms with van der Waals surface area (Å²) >= 11 is 0. The summed E-state index contributed by atoms with van der Waals surface area (Å²) in [6.45, 7) is 0. The van der Waals surface area contributed by atoms with Crippen molar-refractivity contribution in [2.75, 3.05) is 0 Å². The molecule has 49 valence electrons. The Balaban J connectivity index is -0.0000000800. The molecule has 0 aliphatic carbocycles. The van der Waals surface area contributed by atoms with Gasteiger partial charge in [-0.05, 0) is 0 Å². The Morgan fingerprint density at radius 1 is 1.14 bits per heavy atom. The molecule has 0 spiro atoms. The maximum absolute atomic E-state index is 8.88. The summed E-state index contributed by atoms with van der Waals surface area (Å²) in [6.07, 6.45) is 0. The van der Waals surface area contributed by atoms with Gasteiger partial charge in [0.2, 0.25) is 0 Å². The molecule has 0 aromatic heterocycles. The Kier molecular flexibility index (Phi) is 10.6. The Morgan fingerprint density at radius 2 is 1.14 bits per heavy atom. The zero-order valence-corrected chi connectivity index (χ0v) is 5.17. The van der Waals surface area contributed by atoms with E-state index in [1.807, 2.05) is 0 Å². The van der Waals surface area contributed by atoms with Crippen LogP contribution in [0.1, 0.15) is 0 Å². The van der Waals surface area contributed by atoms with Gasteiger partial charge in [0.25, 0.3) is 0 Å². The maximum atomic E-state index is 8.88. The summed E-state index contributed by atoms with van der Waals surface area (Å²) in [6, 6.07) is 0. The molecule has 5 nitrogen and oxygen atoms in total. The van der Waals surface area contributed by atoms with Gasteiger partial charge in [0, 0.05) is 16.8 Å². The Hall–Kier alpha value is 0.576. The number of hydrogen-bond acceptors (Lipinski definition) is 2. The van der Waals surface area contributed by atoms with E-state index in [-0.39, 0.29) is 22.9 Å². The number of hydrogen-bond donors (Lipinski definition) is 4. The van der Waals surface area contributed by atoms with E-state index < -0.39 is 7.82 Å². The average molecular weight is 174 g/mol. The second-order valence-electron chi connectivity index (χ2n) is 0.513. The molecule has 0 aromatic carbocycles. The molecule has 0 saturated heterocycles. The first-order valence-electron chi connectivity index (χ1n) is 0.783. The minimum Gasteiger partial charge on any atom is -0.344 e. The molecule has 0 fully saturated rings. The van der Waals surface area contributed by atoms with E-state index in [0.29, 0.717) is 0 Å². The van der Waals surface area contributed by atoms with E-state index in [0.717, 1.165) is 0 Å². The van der Waals surface area contributed by atoms with Crippen molar-refractivity contribution in [2.45, 2.75) is 0 Å². The fourth-order valence-electron chi connectivity index (χ4n) is 0. The first-order chi connectivity index (χ1) is 2.00. The topological polar surface area (TPSA) is 113 Å². The Labute approximate surface area is 50.8 Å². The van der Waals surface area contributed by atoms with Gasteiger partial charge in [-0.3, -0.25) is 0 Å². The second-order valence-corrected chi connectivity index (χ2v) is 1.54. The van der Waals surface area contributed by atoms with Crippen LogP contribution in [-0.2, 0) is 21.3 Å². The predicted octanol–water partition coefficient (Wildman–Crippen LogP) is -0.769. The van der Waals surface area contributed by atoms with Gasteiger partial charge in [-0.1, -0.05) is 0 Å². The van der Waals surface area contributed by atoms with Crippen molar-refractivity contribution in [1.82, 2.24) is 6.15 Å². The van der Waals surface area contributed by atoms with Crippen molar-refractivity contribution < 1.29 is 36.0 Å². The minimum absolute atomic E-state index is 0. The maximum Gasteiger partial charge on any atom is 0.466 e. The molecule has 7 heteroatoms. The molecule has 0 aliphatic heterocycles. The monoisotopic (exact) mass is 174 g/mol. The first-order valence-corrected chi connectivity index (χ1v) is 2.35. The molecular weight excluding hydrogens is 168 g/mol. The van der Waals surface area contributed by atoms with Crippen molar-refractivity contribution in [1.29, 1.82) is 0 Å². The van der Waals surface area contributed by atoms with Crippen LogP contribution < -0.4 is 6.15 Å². The van der Waals surface area contributed by atoms with Crippen molar-refractivity contribution in [2.24, 2.45) is 0 Å². The molecule has 0 aliphatic rings. The van der Waals surface area contributed by atoms with Gasteiger partial charge in [-0.25, -0.2) is 4.57 Å². The van der Waals surface area contributed by atoms with Crippen molar-refractivity contribution in [3.05, 3.63) is 0 Å². The van der Waals surface area contributed by atoms with E-state index in [2.05, 4.69) is 0 Å². The van der Waals surface area contributed by atoms with Gasteiger partial charge in [-0.2, -0.15) is 0 Å². The summed E-state index contributed by atoms with van der Waals surface area (Å²) in [5.74, 6) is 0. The minimum atomic E-state index is -4.64. The van der Waals surface area contributed by atoms with E-state index in [1.54, 1.807) is 0 Å².